The van der Waals surface area contributed by atoms with E-state index in [1.165, 1.54) is 0 Å². The fraction of sp³-hybridized carbons (Fsp3) is 0.409. The third-order valence-electron chi connectivity index (χ3n) is 5.07. The molecule has 1 saturated heterocycles. The molecule has 152 valence electrons. The fourth-order valence-electron chi connectivity index (χ4n) is 3.64. The van der Waals surface area contributed by atoms with Crippen molar-refractivity contribution in [3.05, 3.63) is 46.7 Å². The zero-order chi connectivity index (χ0) is 20.5. The first-order chi connectivity index (χ1) is 13.9. The van der Waals surface area contributed by atoms with Crippen LogP contribution in [0, 0.1) is 13.8 Å². The number of ether oxygens (including phenoxy) is 1. The second kappa shape index (κ2) is 8.08. The highest BCUT2D eigenvalue weighted by Gasteiger charge is 2.27. The average molecular weight is 411 g/mol. The summed E-state index contributed by atoms with van der Waals surface area (Å²) in [7, 11) is 0. The van der Waals surface area contributed by atoms with Crippen LogP contribution in [0.2, 0.25) is 0 Å². The highest BCUT2D eigenvalue weighted by atomic mass is 32.1. The molecule has 1 atom stereocenters. The van der Waals surface area contributed by atoms with Crippen LogP contribution in [-0.4, -0.2) is 33.1 Å². The van der Waals surface area contributed by atoms with Gasteiger partial charge in [-0.25, -0.2) is 4.98 Å². The van der Waals surface area contributed by atoms with E-state index in [0.717, 1.165) is 52.8 Å². The summed E-state index contributed by atoms with van der Waals surface area (Å²) in [5.74, 6) is -0.0614. The Kier molecular flexibility index (Phi) is 5.52. The highest BCUT2D eigenvalue weighted by molar-refractivity contribution is 7.13. The van der Waals surface area contributed by atoms with Gasteiger partial charge in [0.2, 0.25) is 0 Å². The molecule has 3 aromatic rings. The number of rotatable bonds is 5. The predicted octanol–water partition coefficient (Wildman–Crippen LogP) is 4.74. The molecule has 0 radical (unpaired) electrons. The van der Waals surface area contributed by atoms with Crippen molar-refractivity contribution in [1.82, 2.24) is 19.9 Å². The lowest BCUT2D eigenvalue weighted by atomic mass is 10.2. The van der Waals surface area contributed by atoms with Crippen molar-refractivity contribution < 1.29 is 9.53 Å². The molecular weight excluding hydrogens is 384 g/mol. The van der Waals surface area contributed by atoms with Crippen molar-refractivity contribution in [3.8, 4) is 22.0 Å². The highest BCUT2D eigenvalue weighted by Crippen LogP contribution is 2.36. The summed E-state index contributed by atoms with van der Waals surface area (Å²) in [5, 5.41) is 5.96. The molecule has 6 nitrogen and oxygen atoms in total. The molecule has 0 saturated carbocycles. The van der Waals surface area contributed by atoms with Gasteiger partial charge in [0.05, 0.1) is 17.0 Å². The van der Waals surface area contributed by atoms with Gasteiger partial charge in [0.1, 0.15) is 11.2 Å². The molecule has 1 N–H and O–H groups in total. The molecule has 0 spiro atoms. The maximum absolute atomic E-state index is 12.8. The molecule has 1 fully saturated rings. The summed E-state index contributed by atoms with van der Waals surface area (Å²) in [4.78, 5) is 22.0. The Labute approximate surface area is 175 Å². The minimum absolute atomic E-state index is 0.0585. The van der Waals surface area contributed by atoms with Crippen molar-refractivity contribution >= 4 is 17.2 Å². The lowest BCUT2D eigenvalue weighted by molar-refractivity contribution is 0.0565. The number of carbonyl (C=O) groups is 1. The van der Waals surface area contributed by atoms with Crippen molar-refractivity contribution in [1.29, 1.82) is 0 Å². The molecule has 1 unspecified atom stereocenters. The first-order valence-corrected chi connectivity index (χ1v) is 10.8. The van der Waals surface area contributed by atoms with Crippen molar-refractivity contribution in [3.63, 3.8) is 0 Å². The summed E-state index contributed by atoms with van der Waals surface area (Å²) in [6.07, 6.45) is 3.75. The number of hydrogen-bond acceptors (Lipinski definition) is 5. The van der Waals surface area contributed by atoms with Crippen LogP contribution < -0.4 is 5.32 Å². The van der Waals surface area contributed by atoms with E-state index < -0.39 is 0 Å². The Morgan fingerprint density at radius 2 is 2.17 bits per heavy atom. The lowest BCUT2D eigenvalue weighted by Gasteiger charge is -2.18. The number of hydrogen-bond donors (Lipinski definition) is 1. The van der Waals surface area contributed by atoms with Gasteiger partial charge in [-0.05, 0) is 58.7 Å². The number of thiazole rings is 1. The summed E-state index contributed by atoms with van der Waals surface area (Å²) in [5.41, 5.74) is 5.34. The maximum atomic E-state index is 12.8. The van der Waals surface area contributed by atoms with Gasteiger partial charge in [-0.15, -0.1) is 11.3 Å². The van der Waals surface area contributed by atoms with Crippen LogP contribution in [-0.2, 0) is 4.74 Å². The molecule has 0 aliphatic carbocycles. The van der Waals surface area contributed by atoms with Gasteiger partial charge in [0.15, 0.2) is 0 Å². The first kappa shape index (κ1) is 19.8. The van der Waals surface area contributed by atoms with Crippen LogP contribution in [0.15, 0.2) is 29.8 Å². The molecule has 0 bridgehead atoms. The zero-order valence-corrected chi connectivity index (χ0v) is 18.0. The van der Waals surface area contributed by atoms with E-state index >= 15 is 0 Å². The summed E-state index contributed by atoms with van der Waals surface area (Å²) in [6, 6.07) is 6.05. The van der Waals surface area contributed by atoms with Gasteiger partial charge in [-0.1, -0.05) is 0 Å². The number of carbonyl (C=O) groups excluding carboxylic acids is 1. The Balaban J connectivity index is 1.76. The summed E-state index contributed by atoms with van der Waals surface area (Å²) < 4.78 is 8.09. The first-order valence-electron chi connectivity index (χ1n) is 9.97. The number of nitrogens with one attached hydrogen (secondary N) is 1. The van der Waals surface area contributed by atoms with E-state index in [1.54, 1.807) is 11.3 Å². The smallest absolute Gasteiger partial charge is 0.253 e. The molecule has 1 aliphatic rings. The molecule has 0 aromatic carbocycles. The van der Waals surface area contributed by atoms with Crippen LogP contribution in [0.1, 0.15) is 54.7 Å². The van der Waals surface area contributed by atoms with Crippen molar-refractivity contribution in [2.24, 2.45) is 0 Å². The Morgan fingerprint density at radius 3 is 2.83 bits per heavy atom. The molecule has 29 heavy (non-hydrogen) atoms. The van der Waals surface area contributed by atoms with Gasteiger partial charge in [0.25, 0.3) is 5.91 Å². The number of amides is 1. The lowest BCUT2D eigenvalue weighted by Crippen LogP contribution is -2.30. The molecule has 1 amide bonds. The van der Waals surface area contributed by atoms with E-state index in [0.29, 0.717) is 5.56 Å². The standard InChI is InChI=1S/C22H26N4O2S/c1-13(2)24-21(27)17-10-19(26(15(17)4)20-6-5-9-28-20)18-12-29-22(25-18)16-8-7-14(3)23-11-16/h7-8,10-13,20H,5-6,9H2,1-4H3,(H,24,27). The monoisotopic (exact) mass is 410 g/mol. The summed E-state index contributed by atoms with van der Waals surface area (Å²) >= 11 is 1.58. The maximum Gasteiger partial charge on any atom is 0.253 e. The molecule has 1 aliphatic heterocycles. The topological polar surface area (TPSA) is 69.0 Å². The third kappa shape index (κ3) is 3.97. The minimum Gasteiger partial charge on any atom is -0.358 e. The van der Waals surface area contributed by atoms with Crippen molar-refractivity contribution in [2.75, 3.05) is 6.61 Å². The second-order valence-corrected chi connectivity index (χ2v) is 8.58. The molecule has 4 rings (SSSR count). The second-order valence-electron chi connectivity index (χ2n) is 7.72. The van der Waals surface area contributed by atoms with Crippen LogP contribution in [0.3, 0.4) is 0 Å². The molecule has 3 aromatic heterocycles. The fourth-order valence-corrected chi connectivity index (χ4v) is 4.45. The van der Waals surface area contributed by atoms with E-state index in [2.05, 4.69) is 14.9 Å². The van der Waals surface area contributed by atoms with Crippen LogP contribution in [0.5, 0.6) is 0 Å². The Hall–Kier alpha value is -2.51. The van der Waals surface area contributed by atoms with Crippen LogP contribution in [0.4, 0.5) is 0 Å². The Bertz CT molecular complexity index is 1010. The SMILES string of the molecule is Cc1ccc(-c2nc(-c3cc(C(=O)NC(C)C)c(C)n3C3CCCO3)cs2)cn1. The average Bonchev–Trinajstić information content (AvgIpc) is 3.41. The van der Waals surface area contributed by atoms with Crippen LogP contribution >= 0.6 is 11.3 Å². The van der Waals surface area contributed by atoms with E-state index in [9.17, 15) is 4.79 Å². The molecule has 4 heterocycles. The van der Waals surface area contributed by atoms with E-state index in [4.69, 9.17) is 9.72 Å². The van der Waals surface area contributed by atoms with Gasteiger partial charge in [0, 0.05) is 41.2 Å². The van der Waals surface area contributed by atoms with Crippen molar-refractivity contribution in [2.45, 2.75) is 52.8 Å². The van der Waals surface area contributed by atoms with Crippen LogP contribution in [0.25, 0.3) is 22.0 Å². The predicted molar refractivity (Wildman–Crippen MR) is 115 cm³/mol. The van der Waals surface area contributed by atoms with Gasteiger partial charge < -0.3 is 14.6 Å². The Morgan fingerprint density at radius 1 is 1.34 bits per heavy atom. The van der Waals surface area contributed by atoms with E-state index in [-0.39, 0.29) is 18.2 Å². The quantitative estimate of drug-likeness (QED) is 0.660. The van der Waals surface area contributed by atoms with E-state index in [1.807, 2.05) is 57.5 Å². The zero-order valence-electron chi connectivity index (χ0n) is 17.2. The number of pyridine rings is 1. The van der Waals surface area contributed by atoms with Gasteiger partial charge in [-0.2, -0.15) is 0 Å². The summed E-state index contributed by atoms with van der Waals surface area (Å²) in [6.45, 7) is 8.63. The minimum atomic E-state index is -0.0614. The number of aryl methyl sites for hydroxylation is 1. The largest absolute Gasteiger partial charge is 0.358 e. The molecule has 7 heteroatoms. The third-order valence-corrected chi connectivity index (χ3v) is 5.97. The normalized spacial score (nSPS) is 16.5. The number of nitrogens with zero attached hydrogens (tertiary/aromatic N) is 3. The number of aromatic nitrogens is 3. The molecular formula is C22H26N4O2S. The van der Waals surface area contributed by atoms with Gasteiger partial charge in [-0.3, -0.25) is 9.78 Å². The van der Waals surface area contributed by atoms with Gasteiger partial charge >= 0.3 is 0 Å².